The fourth-order valence-corrected chi connectivity index (χ4v) is 9.29. The van der Waals surface area contributed by atoms with E-state index in [1.54, 1.807) is 34.6 Å². The topological polar surface area (TPSA) is 173 Å². The van der Waals surface area contributed by atoms with Crippen LogP contribution in [0.1, 0.15) is 96.3 Å². The zero-order valence-electron chi connectivity index (χ0n) is 32.6. The number of amides is 4. The number of nitrogens with zero attached hydrogens (tertiary/aromatic N) is 2. The molecule has 306 valence electrons. The number of ether oxygens (including phenoxy) is 1. The molecule has 3 aliphatic carbocycles. The Morgan fingerprint density at radius 2 is 1.74 bits per heavy atom. The van der Waals surface area contributed by atoms with Gasteiger partial charge in [0.15, 0.2) is 0 Å². The Kier molecular flexibility index (Phi) is 10.5. The minimum atomic E-state index is -4.13. The number of oxime groups is 1. The van der Waals surface area contributed by atoms with E-state index in [1.807, 2.05) is 53.3 Å². The van der Waals surface area contributed by atoms with E-state index < -0.39 is 92.6 Å². The number of alkyl halides is 2. The fraction of sp³-hybridized carbons (Fsp3) is 0.537. The highest BCUT2D eigenvalue weighted by Crippen LogP contribution is 2.48. The zero-order valence-corrected chi connectivity index (χ0v) is 33.5. The Balaban J connectivity index is 1.24. The number of alkyl carbamates (subject to hydrolysis) is 1. The third-order valence-electron chi connectivity index (χ3n) is 11.4. The van der Waals surface area contributed by atoms with Gasteiger partial charge in [0, 0.05) is 17.5 Å². The quantitative estimate of drug-likeness (QED) is 0.302. The first-order valence-electron chi connectivity index (χ1n) is 19.4. The maximum absolute atomic E-state index is 14.6. The van der Waals surface area contributed by atoms with E-state index in [0.717, 1.165) is 34.2 Å². The maximum Gasteiger partial charge on any atom is 0.408 e. The van der Waals surface area contributed by atoms with Crippen molar-refractivity contribution < 1.29 is 46.0 Å². The normalized spacial score (nSPS) is 28.8. The van der Waals surface area contributed by atoms with Gasteiger partial charge in [0.1, 0.15) is 35.0 Å². The van der Waals surface area contributed by atoms with Gasteiger partial charge in [0.2, 0.25) is 28.3 Å². The van der Waals surface area contributed by atoms with Crippen LogP contribution in [0.5, 0.6) is 0 Å². The van der Waals surface area contributed by atoms with E-state index in [2.05, 4.69) is 21.9 Å². The first kappa shape index (κ1) is 40.3. The molecule has 7 rings (SSSR count). The first-order valence-corrected chi connectivity index (χ1v) is 20.9. The second-order valence-corrected chi connectivity index (χ2v) is 19.4. The maximum atomic E-state index is 14.6. The van der Waals surface area contributed by atoms with Gasteiger partial charge in [-0.1, -0.05) is 74.5 Å². The SMILES string of the molecule is CC1(C)CCC/C=C/c2ccc3c(c2)/C(=N/O[C@@H]2C[C@@H](C(=O)N[C@@]4(C(=O)NS(=O)(=O)C5CC5)C[C@H]4C(F)F)N(C2)C(=O)[C@H](C(C)(C)C)NC(=O)O1)c1ccccc1-3. The Labute approximate surface area is 331 Å². The van der Waals surface area contributed by atoms with Crippen molar-refractivity contribution >= 4 is 45.6 Å². The second-order valence-electron chi connectivity index (χ2n) is 17.4. The molecule has 0 radical (unpaired) electrons. The Hall–Kier alpha value is -4.86. The Morgan fingerprint density at radius 3 is 2.40 bits per heavy atom. The lowest BCUT2D eigenvalue weighted by atomic mass is 9.85. The van der Waals surface area contributed by atoms with Crippen LogP contribution in [-0.4, -0.2) is 90.4 Å². The van der Waals surface area contributed by atoms with E-state index >= 15 is 0 Å². The molecule has 5 atom stereocenters. The monoisotopic (exact) mass is 809 g/mol. The molecule has 3 fully saturated rings. The predicted molar refractivity (Wildman–Crippen MR) is 207 cm³/mol. The summed E-state index contributed by atoms with van der Waals surface area (Å²) in [5, 5.41) is 8.94. The van der Waals surface area contributed by atoms with Crippen molar-refractivity contribution in [2.75, 3.05) is 6.54 Å². The van der Waals surface area contributed by atoms with Gasteiger partial charge in [-0.3, -0.25) is 19.1 Å². The number of carbonyl (C=O) groups excluding carboxylic acids is 4. The summed E-state index contributed by atoms with van der Waals surface area (Å²) in [6, 6.07) is 11.2. The highest BCUT2D eigenvalue weighted by Gasteiger charge is 2.67. The van der Waals surface area contributed by atoms with E-state index in [1.165, 1.54) is 4.90 Å². The van der Waals surface area contributed by atoms with Crippen LogP contribution in [0.3, 0.4) is 0 Å². The number of cyclic esters (lactones) is 1. The summed E-state index contributed by atoms with van der Waals surface area (Å²) >= 11 is 0. The van der Waals surface area contributed by atoms with E-state index in [9.17, 15) is 36.4 Å². The number of nitrogens with one attached hydrogen (secondary N) is 3. The molecule has 2 aromatic rings. The first-order chi connectivity index (χ1) is 26.8. The van der Waals surface area contributed by atoms with Crippen LogP contribution < -0.4 is 15.4 Å². The van der Waals surface area contributed by atoms with Gasteiger partial charge >= 0.3 is 6.09 Å². The number of hydrogen-bond acceptors (Lipinski definition) is 9. The molecule has 5 aliphatic rings. The molecule has 3 N–H and O–H groups in total. The minimum absolute atomic E-state index is 0.155. The molecule has 0 spiro atoms. The molecule has 57 heavy (non-hydrogen) atoms. The van der Waals surface area contributed by atoms with Crippen molar-refractivity contribution in [3.05, 3.63) is 65.2 Å². The highest BCUT2D eigenvalue weighted by molar-refractivity contribution is 7.91. The molecular formula is C41H49F2N5O8S. The molecule has 16 heteroatoms. The lowest BCUT2D eigenvalue weighted by molar-refractivity contribution is -0.143. The van der Waals surface area contributed by atoms with Crippen LogP contribution in [0.15, 0.2) is 53.7 Å². The van der Waals surface area contributed by atoms with E-state index in [-0.39, 0.29) is 13.0 Å². The molecule has 0 aromatic heterocycles. The van der Waals surface area contributed by atoms with Crippen molar-refractivity contribution in [3.63, 3.8) is 0 Å². The molecular weight excluding hydrogens is 761 g/mol. The van der Waals surface area contributed by atoms with E-state index in [4.69, 9.17) is 9.57 Å². The summed E-state index contributed by atoms with van der Waals surface area (Å²) in [6.45, 7) is 8.58. The summed E-state index contributed by atoms with van der Waals surface area (Å²) in [7, 11) is -4.13. The van der Waals surface area contributed by atoms with Crippen molar-refractivity contribution in [1.29, 1.82) is 0 Å². The van der Waals surface area contributed by atoms with Crippen molar-refractivity contribution in [2.45, 2.75) is 121 Å². The van der Waals surface area contributed by atoms with Crippen LogP contribution in [0, 0.1) is 11.3 Å². The van der Waals surface area contributed by atoms with Crippen LogP contribution in [0.2, 0.25) is 0 Å². The van der Waals surface area contributed by atoms with Gasteiger partial charge < -0.3 is 25.1 Å². The average molecular weight is 810 g/mol. The number of hydrogen-bond donors (Lipinski definition) is 3. The molecule has 2 aliphatic heterocycles. The molecule has 0 unspecified atom stereocenters. The standard InChI is InChI=1S/C41H49F2N5O8S/c1-39(2,3)33-36(50)48-22-24(20-31(48)35(49)45-41(21-30(41)34(42)43)37(51)47-57(53,54)25-15-16-25)56-46-32-28-13-9-8-12-26(28)27-17-14-23(19-29(27)32)11-7-6-10-18-40(4,5)55-38(52)44-33/h7-9,11-14,17,19,24-25,30-31,33-34H,6,10,15-16,18,20-22H2,1-5H3,(H,44,52)(H,45,49)(H,47,51)/b11-7+,46-32+/t24-,30+,31+,33-,41+/m1/s1. The van der Waals surface area contributed by atoms with Crippen molar-refractivity contribution in [1.82, 2.24) is 20.3 Å². The fourth-order valence-electron chi connectivity index (χ4n) is 7.93. The molecule has 2 aromatic carbocycles. The summed E-state index contributed by atoms with van der Waals surface area (Å²) < 4.78 is 61.4. The number of allylic oxidation sites excluding steroid dienone is 1. The molecule has 13 nitrogen and oxygen atoms in total. The van der Waals surface area contributed by atoms with Crippen LogP contribution in [0.25, 0.3) is 17.2 Å². The van der Waals surface area contributed by atoms with Gasteiger partial charge in [-0.25, -0.2) is 22.0 Å². The van der Waals surface area contributed by atoms with Crippen molar-refractivity contribution in [3.8, 4) is 11.1 Å². The number of sulfonamides is 1. The third kappa shape index (κ3) is 8.28. The summed E-state index contributed by atoms with van der Waals surface area (Å²) in [5.41, 5.74) is 1.05. The van der Waals surface area contributed by atoms with Crippen LogP contribution >= 0.6 is 0 Å². The smallest absolute Gasteiger partial charge is 0.408 e. The number of benzene rings is 2. The molecule has 4 bridgehead atoms. The third-order valence-corrected chi connectivity index (χ3v) is 13.2. The minimum Gasteiger partial charge on any atom is -0.444 e. The predicted octanol–water partition coefficient (Wildman–Crippen LogP) is 5.27. The number of carbonyl (C=O) groups is 4. The van der Waals surface area contributed by atoms with Gasteiger partial charge in [-0.15, -0.1) is 0 Å². The lowest BCUT2D eigenvalue weighted by Crippen LogP contribution is -2.60. The molecule has 1 saturated heterocycles. The lowest BCUT2D eigenvalue weighted by Gasteiger charge is -2.36. The molecule has 2 saturated carbocycles. The van der Waals surface area contributed by atoms with Gasteiger partial charge in [0.05, 0.1) is 17.7 Å². The Morgan fingerprint density at radius 1 is 1.04 bits per heavy atom. The highest BCUT2D eigenvalue weighted by atomic mass is 32.2. The summed E-state index contributed by atoms with van der Waals surface area (Å²) in [4.78, 5) is 63.1. The second kappa shape index (κ2) is 14.8. The molecule has 2 heterocycles. The number of rotatable bonds is 6. The van der Waals surface area contributed by atoms with Crippen LogP contribution in [-0.2, 0) is 34.0 Å². The number of halogens is 2. The zero-order chi connectivity index (χ0) is 41.1. The summed E-state index contributed by atoms with van der Waals surface area (Å²) in [5.74, 6) is -4.53. The van der Waals surface area contributed by atoms with Gasteiger partial charge in [0.25, 0.3) is 5.91 Å². The summed E-state index contributed by atoms with van der Waals surface area (Å²) in [6.07, 6.45) is 1.26. The van der Waals surface area contributed by atoms with Crippen LogP contribution in [0.4, 0.5) is 13.6 Å². The Bertz CT molecular complexity index is 2150. The van der Waals surface area contributed by atoms with Gasteiger partial charge in [-0.2, -0.15) is 0 Å². The number of fused-ring (bicyclic) bond motifs is 6. The van der Waals surface area contributed by atoms with Gasteiger partial charge in [-0.05, 0) is 80.5 Å². The van der Waals surface area contributed by atoms with Crippen molar-refractivity contribution in [2.24, 2.45) is 16.5 Å². The largest absolute Gasteiger partial charge is 0.444 e. The van der Waals surface area contributed by atoms with E-state index in [0.29, 0.717) is 31.4 Å². The average Bonchev–Trinajstić information content (AvgIpc) is 4.05. The molecule has 4 amide bonds.